The van der Waals surface area contributed by atoms with Crippen molar-refractivity contribution in [1.29, 1.82) is 0 Å². The molecule has 0 radical (unpaired) electrons. The number of hydrogen-bond acceptors (Lipinski definition) is 2. The normalized spacial score (nSPS) is 10.5. The Morgan fingerprint density at radius 1 is 1.27 bits per heavy atom. The van der Waals surface area contributed by atoms with Crippen LogP contribution in [0.2, 0.25) is 0 Å². The molecule has 2 aromatic rings. The molecule has 1 aromatic heterocycles. The van der Waals surface area contributed by atoms with Crippen molar-refractivity contribution in [2.45, 2.75) is 13.5 Å². The summed E-state index contributed by atoms with van der Waals surface area (Å²) in [6.07, 6.45) is 0. The van der Waals surface area contributed by atoms with Gasteiger partial charge < -0.3 is 5.73 Å². The molecule has 78 valence electrons. The summed E-state index contributed by atoms with van der Waals surface area (Å²) in [4.78, 5) is 0. The van der Waals surface area contributed by atoms with E-state index in [-0.39, 0.29) is 0 Å². The van der Waals surface area contributed by atoms with Gasteiger partial charge in [-0.3, -0.25) is 4.68 Å². The largest absolute Gasteiger partial charge is 0.329 e. The van der Waals surface area contributed by atoms with Crippen molar-refractivity contribution in [2.24, 2.45) is 5.73 Å². The fraction of sp³-hybridized carbons (Fsp3) is 0.250. The smallest absolute Gasteiger partial charge is 0.0925 e. The van der Waals surface area contributed by atoms with Gasteiger partial charge in [0.1, 0.15) is 0 Å². The predicted molar refractivity (Wildman–Crippen MR) is 61.5 cm³/mol. The summed E-state index contributed by atoms with van der Waals surface area (Å²) in [5, 5.41) is 4.51. The zero-order valence-electron chi connectivity index (χ0n) is 8.85. The molecule has 0 fully saturated rings. The minimum absolute atomic E-state index is 0.622. The molecule has 3 heteroatoms. The lowest BCUT2D eigenvalue weighted by molar-refractivity contribution is 0.610. The summed E-state index contributed by atoms with van der Waals surface area (Å²) in [5.74, 6) is 0. The number of benzene rings is 1. The lowest BCUT2D eigenvalue weighted by atomic mass is 10.1. The Hall–Kier alpha value is -1.61. The van der Waals surface area contributed by atoms with E-state index in [1.54, 1.807) is 0 Å². The van der Waals surface area contributed by atoms with Crippen LogP contribution in [0.5, 0.6) is 0 Å². The first-order valence-corrected chi connectivity index (χ1v) is 5.11. The minimum atomic E-state index is 0.622. The summed E-state index contributed by atoms with van der Waals surface area (Å²) < 4.78 is 1.95. The molecule has 2 N–H and O–H groups in total. The molecule has 15 heavy (non-hydrogen) atoms. The molecule has 0 amide bonds. The molecule has 2 rings (SSSR count). The third-order valence-electron chi connectivity index (χ3n) is 2.39. The van der Waals surface area contributed by atoms with E-state index in [0.29, 0.717) is 6.54 Å². The van der Waals surface area contributed by atoms with E-state index in [4.69, 9.17) is 5.73 Å². The van der Waals surface area contributed by atoms with E-state index in [1.807, 2.05) is 22.9 Å². The highest BCUT2D eigenvalue weighted by atomic mass is 15.3. The van der Waals surface area contributed by atoms with Gasteiger partial charge in [-0.1, -0.05) is 30.3 Å². The highest BCUT2D eigenvalue weighted by Gasteiger charge is 2.04. The van der Waals surface area contributed by atoms with Crippen LogP contribution in [0, 0.1) is 6.92 Å². The van der Waals surface area contributed by atoms with Crippen molar-refractivity contribution >= 4 is 0 Å². The summed E-state index contributed by atoms with van der Waals surface area (Å²) >= 11 is 0. The van der Waals surface area contributed by atoms with Gasteiger partial charge >= 0.3 is 0 Å². The van der Waals surface area contributed by atoms with Crippen LogP contribution < -0.4 is 5.73 Å². The first-order valence-electron chi connectivity index (χ1n) is 5.11. The molecule has 0 saturated heterocycles. The molecule has 0 saturated carbocycles. The van der Waals surface area contributed by atoms with E-state index in [2.05, 4.69) is 30.2 Å². The highest BCUT2D eigenvalue weighted by Crippen LogP contribution is 2.17. The maximum Gasteiger partial charge on any atom is 0.0925 e. The lowest BCUT2D eigenvalue weighted by Gasteiger charge is -1.99. The van der Waals surface area contributed by atoms with Crippen molar-refractivity contribution in [2.75, 3.05) is 6.54 Å². The molecule has 0 aliphatic carbocycles. The Balaban J connectivity index is 2.34. The van der Waals surface area contributed by atoms with Crippen LogP contribution in [0.15, 0.2) is 36.4 Å². The second-order valence-electron chi connectivity index (χ2n) is 3.55. The Bertz CT molecular complexity index is 431. The van der Waals surface area contributed by atoms with Gasteiger partial charge in [-0.05, 0) is 13.0 Å². The predicted octanol–water partition coefficient (Wildman–Crippen LogP) is 1.82. The van der Waals surface area contributed by atoms with Crippen LogP contribution in [0.4, 0.5) is 0 Å². The molecule has 0 spiro atoms. The number of rotatable bonds is 3. The van der Waals surface area contributed by atoms with Crippen molar-refractivity contribution in [3.8, 4) is 11.3 Å². The summed E-state index contributed by atoms with van der Waals surface area (Å²) in [7, 11) is 0. The molecule has 0 aliphatic heterocycles. The highest BCUT2D eigenvalue weighted by molar-refractivity contribution is 5.58. The Kier molecular flexibility index (Phi) is 2.83. The second kappa shape index (κ2) is 4.28. The Morgan fingerprint density at radius 3 is 2.67 bits per heavy atom. The molecule has 0 atom stereocenters. The number of aryl methyl sites for hydroxylation is 1. The van der Waals surface area contributed by atoms with Crippen LogP contribution >= 0.6 is 0 Å². The van der Waals surface area contributed by atoms with Crippen molar-refractivity contribution in [3.63, 3.8) is 0 Å². The zero-order valence-corrected chi connectivity index (χ0v) is 8.85. The molecular formula is C12H15N3. The van der Waals surface area contributed by atoms with Gasteiger partial charge in [-0.2, -0.15) is 5.10 Å². The van der Waals surface area contributed by atoms with Crippen LogP contribution in [0.1, 0.15) is 5.69 Å². The lowest BCUT2D eigenvalue weighted by Crippen LogP contribution is -2.12. The van der Waals surface area contributed by atoms with Gasteiger partial charge in [0.2, 0.25) is 0 Å². The molecular weight excluding hydrogens is 186 g/mol. The van der Waals surface area contributed by atoms with E-state index >= 15 is 0 Å². The molecule has 3 nitrogen and oxygen atoms in total. The molecule has 0 aliphatic rings. The van der Waals surface area contributed by atoms with Gasteiger partial charge in [0, 0.05) is 17.8 Å². The topological polar surface area (TPSA) is 43.8 Å². The number of nitrogens with zero attached hydrogens (tertiary/aromatic N) is 2. The van der Waals surface area contributed by atoms with Crippen LogP contribution in [-0.4, -0.2) is 16.3 Å². The number of nitrogens with two attached hydrogens (primary N) is 1. The Morgan fingerprint density at radius 2 is 2.00 bits per heavy atom. The third-order valence-corrected chi connectivity index (χ3v) is 2.39. The number of hydrogen-bond donors (Lipinski definition) is 1. The van der Waals surface area contributed by atoms with Crippen LogP contribution in [0.3, 0.4) is 0 Å². The molecule has 0 unspecified atom stereocenters. The van der Waals surface area contributed by atoms with E-state index in [1.165, 1.54) is 0 Å². The van der Waals surface area contributed by atoms with Crippen LogP contribution in [0.25, 0.3) is 11.3 Å². The third kappa shape index (κ3) is 2.07. The average Bonchev–Trinajstić information content (AvgIpc) is 2.63. The molecule has 0 bridgehead atoms. The van der Waals surface area contributed by atoms with Gasteiger partial charge in [0.15, 0.2) is 0 Å². The maximum absolute atomic E-state index is 5.52. The van der Waals surface area contributed by atoms with E-state index in [9.17, 15) is 0 Å². The monoisotopic (exact) mass is 201 g/mol. The first kappa shape index (κ1) is 9.93. The zero-order chi connectivity index (χ0) is 10.7. The van der Waals surface area contributed by atoms with Gasteiger partial charge in [-0.15, -0.1) is 0 Å². The SMILES string of the molecule is Cc1cc(-c2ccccc2)nn1CCN. The summed E-state index contributed by atoms with van der Waals surface area (Å²) in [6, 6.07) is 12.3. The van der Waals surface area contributed by atoms with Gasteiger partial charge in [0.25, 0.3) is 0 Å². The Labute approximate surface area is 89.5 Å². The quantitative estimate of drug-likeness (QED) is 0.823. The maximum atomic E-state index is 5.52. The van der Waals surface area contributed by atoms with Gasteiger partial charge in [0.05, 0.1) is 12.2 Å². The fourth-order valence-electron chi connectivity index (χ4n) is 1.61. The van der Waals surface area contributed by atoms with E-state index < -0.39 is 0 Å². The van der Waals surface area contributed by atoms with Crippen molar-refractivity contribution < 1.29 is 0 Å². The van der Waals surface area contributed by atoms with Crippen molar-refractivity contribution in [3.05, 3.63) is 42.1 Å². The van der Waals surface area contributed by atoms with Gasteiger partial charge in [-0.25, -0.2) is 0 Å². The summed E-state index contributed by atoms with van der Waals surface area (Å²) in [6.45, 7) is 3.45. The van der Waals surface area contributed by atoms with Crippen LogP contribution in [-0.2, 0) is 6.54 Å². The summed E-state index contributed by atoms with van der Waals surface area (Å²) in [5.41, 5.74) is 8.83. The van der Waals surface area contributed by atoms with E-state index in [0.717, 1.165) is 23.5 Å². The first-order chi connectivity index (χ1) is 7.31. The molecule has 1 aromatic carbocycles. The van der Waals surface area contributed by atoms with Crippen molar-refractivity contribution in [1.82, 2.24) is 9.78 Å². The second-order valence-corrected chi connectivity index (χ2v) is 3.55. The minimum Gasteiger partial charge on any atom is -0.329 e. The number of aromatic nitrogens is 2. The standard InChI is InChI=1S/C12H15N3/c1-10-9-12(14-15(10)8-7-13)11-5-3-2-4-6-11/h2-6,9H,7-8,13H2,1H3. The average molecular weight is 201 g/mol. The molecule has 1 heterocycles. The fourth-order valence-corrected chi connectivity index (χ4v) is 1.61.